The van der Waals surface area contributed by atoms with Crippen molar-refractivity contribution < 1.29 is 23.9 Å². The van der Waals surface area contributed by atoms with Gasteiger partial charge >= 0.3 is 5.97 Å². The van der Waals surface area contributed by atoms with Crippen LogP contribution in [0.4, 0.5) is 5.69 Å². The molecule has 2 aromatic rings. The quantitative estimate of drug-likeness (QED) is 0.461. The van der Waals surface area contributed by atoms with Gasteiger partial charge in [0, 0.05) is 12.1 Å². The minimum Gasteiger partial charge on any atom is -0.493 e. The smallest absolute Gasteiger partial charge is 0.338 e. The van der Waals surface area contributed by atoms with Crippen molar-refractivity contribution in [2.24, 2.45) is 0 Å². The van der Waals surface area contributed by atoms with Gasteiger partial charge in [0.15, 0.2) is 11.5 Å². The summed E-state index contributed by atoms with van der Waals surface area (Å²) in [7, 11) is 1.43. The summed E-state index contributed by atoms with van der Waals surface area (Å²) in [6.07, 6.45) is 1.09. The molecule has 0 fully saturated rings. The Morgan fingerprint density at radius 3 is 2.40 bits per heavy atom. The number of carbonyl (C=O) groups excluding carboxylic acids is 1. The molecule has 1 aromatic heterocycles. The molecule has 0 atom stereocenters. The van der Waals surface area contributed by atoms with Gasteiger partial charge in [-0.1, -0.05) is 0 Å². The zero-order valence-electron chi connectivity index (χ0n) is 14.3. The van der Waals surface area contributed by atoms with E-state index < -0.39 is 16.5 Å². The number of hydrogen-bond acceptors (Lipinski definition) is 7. The van der Waals surface area contributed by atoms with Crippen molar-refractivity contribution >= 4 is 11.7 Å². The molecule has 0 aliphatic heterocycles. The molecule has 8 nitrogen and oxygen atoms in total. The SMILES string of the molecule is COc1cc(C(=O)OC(C)(C)C)ccc1Oc1ccc([N+](=O)[O-])cn1. The van der Waals surface area contributed by atoms with Crippen LogP contribution in [-0.2, 0) is 4.74 Å². The van der Waals surface area contributed by atoms with E-state index in [4.69, 9.17) is 14.2 Å². The number of carbonyl (C=O) groups is 1. The van der Waals surface area contributed by atoms with Crippen molar-refractivity contribution in [1.29, 1.82) is 0 Å². The van der Waals surface area contributed by atoms with Crippen LogP contribution in [0.15, 0.2) is 36.5 Å². The van der Waals surface area contributed by atoms with E-state index in [0.29, 0.717) is 17.1 Å². The van der Waals surface area contributed by atoms with Gasteiger partial charge in [0.05, 0.1) is 17.6 Å². The average molecular weight is 346 g/mol. The van der Waals surface area contributed by atoms with Crippen molar-refractivity contribution in [3.63, 3.8) is 0 Å². The van der Waals surface area contributed by atoms with Gasteiger partial charge in [0.25, 0.3) is 5.69 Å². The molecule has 0 aliphatic carbocycles. The molecule has 0 aliphatic rings. The van der Waals surface area contributed by atoms with Crippen LogP contribution in [0.3, 0.4) is 0 Å². The molecule has 2 rings (SSSR count). The topological polar surface area (TPSA) is 101 Å². The lowest BCUT2D eigenvalue weighted by atomic mass is 10.1. The molecule has 132 valence electrons. The monoisotopic (exact) mass is 346 g/mol. The number of methoxy groups -OCH3 is 1. The maximum atomic E-state index is 12.1. The number of nitro groups is 1. The molecule has 8 heteroatoms. The van der Waals surface area contributed by atoms with Crippen molar-refractivity contribution in [2.75, 3.05) is 7.11 Å². The van der Waals surface area contributed by atoms with Crippen LogP contribution in [0.5, 0.6) is 17.4 Å². The number of ether oxygens (including phenoxy) is 3. The molecule has 0 N–H and O–H groups in total. The van der Waals surface area contributed by atoms with Crippen LogP contribution >= 0.6 is 0 Å². The second kappa shape index (κ2) is 7.16. The van der Waals surface area contributed by atoms with Crippen LogP contribution in [0, 0.1) is 10.1 Å². The first kappa shape index (κ1) is 18.2. The third-order valence-corrected chi connectivity index (χ3v) is 2.94. The zero-order chi connectivity index (χ0) is 18.6. The van der Waals surface area contributed by atoms with E-state index in [1.54, 1.807) is 26.8 Å². The van der Waals surface area contributed by atoms with Gasteiger partial charge in [0.2, 0.25) is 5.88 Å². The van der Waals surface area contributed by atoms with Crippen molar-refractivity contribution in [1.82, 2.24) is 4.98 Å². The lowest BCUT2D eigenvalue weighted by Gasteiger charge is -2.20. The van der Waals surface area contributed by atoms with Gasteiger partial charge < -0.3 is 14.2 Å². The predicted octanol–water partition coefficient (Wildman–Crippen LogP) is 3.75. The van der Waals surface area contributed by atoms with Crippen LogP contribution < -0.4 is 9.47 Å². The molecule has 0 unspecified atom stereocenters. The minimum absolute atomic E-state index is 0.139. The molecule has 25 heavy (non-hydrogen) atoms. The summed E-state index contributed by atoms with van der Waals surface area (Å²) in [5.41, 5.74) is -0.433. The molecule has 1 aromatic carbocycles. The van der Waals surface area contributed by atoms with E-state index in [1.807, 2.05) is 0 Å². The standard InChI is InChI=1S/C17H18N2O6/c1-17(2,3)25-16(20)11-5-7-13(14(9-11)23-4)24-15-8-6-12(10-18-15)19(21)22/h5-10H,1-4H3. The molecule has 0 radical (unpaired) electrons. The van der Waals surface area contributed by atoms with Crippen molar-refractivity contribution in [2.45, 2.75) is 26.4 Å². The van der Waals surface area contributed by atoms with E-state index in [1.165, 1.54) is 31.4 Å². The van der Waals surface area contributed by atoms with E-state index in [2.05, 4.69) is 4.98 Å². The fourth-order valence-electron chi connectivity index (χ4n) is 1.87. The molecule has 0 spiro atoms. The van der Waals surface area contributed by atoms with Gasteiger partial charge in [0.1, 0.15) is 11.8 Å². The molecule has 0 bridgehead atoms. The van der Waals surface area contributed by atoms with E-state index in [9.17, 15) is 14.9 Å². The number of esters is 1. The van der Waals surface area contributed by atoms with E-state index in [0.717, 1.165) is 6.20 Å². The largest absolute Gasteiger partial charge is 0.493 e. The second-order valence-electron chi connectivity index (χ2n) is 6.08. The van der Waals surface area contributed by atoms with Gasteiger partial charge in [-0.15, -0.1) is 0 Å². The summed E-state index contributed by atoms with van der Waals surface area (Å²) in [4.78, 5) is 26.1. The summed E-state index contributed by atoms with van der Waals surface area (Å²) in [6, 6.07) is 7.23. The van der Waals surface area contributed by atoms with E-state index in [-0.39, 0.29) is 11.6 Å². The number of rotatable bonds is 5. The average Bonchev–Trinajstić information content (AvgIpc) is 2.54. The molecule has 0 saturated heterocycles. The molecule has 0 amide bonds. The Bertz CT molecular complexity index is 781. The number of benzene rings is 1. The lowest BCUT2D eigenvalue weighted by molar-refractivity contribution is -0.385. The molecular weight excluding hydrogens is 328 g/mol. The summed E-state index contributed by atoms with van der Waals surface area (Å²) in [5.74, 6) is 0.305. The molecule has 1 heterocycles. The first-order chi connectivity index (χ1) is 11.7. The summed E-state index contributed by atoms with van der Waals surface area (Å²) >= 11 is 0. The lowest BCUT2D eigenvalue weighted by Crippen LogP contribution is -2.23. The Morgan fingerprint density at radius 2 is 1.88 bits per heavy atom. The highest BCUT2D eigenvalue weighted by atomic mass is 16.6. The van der Waals surface area contributed by atoms with E-state index >= 15 is 0 Å². The van der Waals surface area contributed by atoms with Crippen LogP contribution in [0.1, 0.15) is 31.1 Å². The maximum absolute atomic E-state index is 12.1. The first-order valence-corrected chi connectivity index (χ1v) is 7.39. The maximum Gasteiger partial charge on any atom is 0.338 e. The summed E-state index contributed by atoms with van der Waals surface area (Å²) in [5, 5.41) is 10.6. The summed E-state index contributed by atoms with van der Waals surface area (Å²) < 4.78 is 16.1. The highest BCUT2D eigenvalue weighted by Gasteiger charge is 2.19. The molecular formula is C17H18N2O6. The third kappa shape index (κ3) is 4.90. The van der Waals surface area contributed by atoms with Gasteiger partial charge in [-0.25, -0.2) is 9.78 Å². The highest BCUT2D eigenvalue weighted by Crippen LogP contribution is 2.32. The Labute approximate surface area is 144 Å². The van der Waals surface area contributed by atoms with Crippen LogP contribution in [0.25, 0.3) is 0 Å². The Hall–Kier alpha value is -3.16. The Morgan fingerprint density at radius 1 is 1.16 bits per heavy atom. The zero-order valence-corrected chi connectivity index (χ0v) is 14.3. The normalized spacial score (nSPS) is 10.9. The second-order valence-corrected chi connectivity index (χ2v) is 6.08. The third-order valence-electron chi connectivity index (χ3n) is 2.94. The van der Waals surface area contributed by atoms with Gasteiger partial charge in [-0.3, -0.25) is 10.1 Å². The van der Waals surface area contributed by atoms with Crippen molar-refractivity contribution in [3.05, 3.63) is 52.2 Å². The number of hydrogen-bond donors (Lipinski definition) is 0. The number of pyridine rings is 1. The van der Waals surface area contributed by atoms with Crippen LogP contribution in [0.2, 0.25) is 0 Å². The number of aromatic nitrogens is 1. The molecule has 0 saturated carbocycles. The fourth-order valence-corrected chi connectivity index (χ4v) is 1.87. The van der Waals surface area contributed by atoms with Gasteiger partial charge in [-0.2, -0.15) is 0 Å². The minimum atomic E-state index is -0.609. The Balaban J connectivity index is 2.21. The predicted molar refractivity (Wildman–Crippen MR) is 89.1 cm³/mol. The van der Waals surface area contributed by atoms with Crippen LogP contribution in [-0.4, -0.2) is 28.6 Å². The van der Waals surface area contributed by atoms with Gasteiger partial charge in [-0.05, 0) is 39.0 Å². The summed E-state index contributed by atoms with van der Waals surface area (Å²) in [6.45, 7) is 5.33. The number of nitrogens with zero attached hydrogens (tertiary/aromatic N) is 2. The highest BCUT2D eigenvalue weighted by molar-refractivity contribution is 5.90. The fraction of sp³-hybridized carbons (Fsp3) is 0.294. The Kier molecular flexibility index (Phi) is 5.21. The van der Waals surface area contributed by atoms with Crippen molar-refractivity contribution in [3.8, 4) is 17.4 Å². The first-order valence-electron chi connectivity index (χ1n) is 7.39.